The summed E-state index contributed by atoms with van der Waals surface area (Å²) in [7, 11) is 2.05. The van der Waals surface area contributed by atoms with Crippen molar-refractivity contribution in [3.63, 3.8) is 0 Å². The van der Waals surface area contributed by atoms with Crippen LogP contribution >= 0.6 is 0 Å². The molecule has 0 amide bonds. The van der Waals surface area contributed by atoms with Crippen LogP contribution in [-0.4, -0.2) is 38.1 Å². The van der Waals surface area contributed by atoms with Gasteiger partial charge < -0.3 is 10.2 Å². The second-order valence-corrected chi connectivity index (χ2v) is 6.99. The van der Waals surface area contributed by atoms with E-state index in [0.717, 1.165) is 6.54 Å². The molecular formula is C14H30N2. The van der Waals surface area contributed by atoms with Crippen LogP contribution in [0.4, 0.5) is 0 Å². The van der Waals surface area contributed by atoms with Crippen molar-refractivity contribution in [2.24, 2.45) is 10.8 Å². The Morgan fingerprint density at radius 1 is 1.19 bits per heavy atom. The third kappa shape index (κ3) is 4.84. The van der Waals surface area contributed by atoms with Crippen molar-refractivity contribution >= 4 is 0 Å². The number of hydrogen-bond acceptors (Lipinski definition) is 2. The van der Waals surface area contributed by atoms with Crippen molar-refractivity contribution in [1.82, 2.24) is 10.2 Å². The van der Waals surface area contributed by atoms with Crippen molar-refractivity contribution in [2.75, 3.05) is 33.2 Å². The van der Waals surface area contributed by atoms with Gasteiger partial charge in [-0.2, -0.15) is 0 Å². The molecule has 1 rings (SSSR count). The summed E-state index contributed by atoms with van der Waals surface area (Å²) in [6.45, 7) is 14.4. The van der Waals surface area contributed by atoms with E-state index >= 15 is 0 Å². The van der Waals surface area contributed by atoms with Gasteiger partial charge in [0.1, 0.15) is 0 Å². The summed E-state index contributed by atoms with van der Waals surface area (Å²) in [5.74, 6) is 0. The molecule has 1 saturated heterocycles. The molecule has 2 heteroatoms. The fourth-order valence-corrected chi connectivity index (χ4v) is 2.78. The molecule has 1 fully saturated rings. The smallest absolute Gasteiger partial charge is 0.00448 e. The minimum Gasteiger partial charge on any atom is -0.319 e. The summed E-state index contributed by atoms with van der Waals surface area (Å²) < 4.78 is 0. The molecule has 0 aliphatic carbocycles. The topological polar surface area (TPSA) is 15.3 Å². The Hall–Kier alpha value is -0.0800. The molecular weight excluding hydrogens is 196 g/mol. The first kappa shape index (κ1) is 14.0. The predicted molar refractivity (Wildman–Crippen MR) is 71.8 cm³/mol. The number of likely N-dealkylation sites (tertiary alicyclic amines) is 1. The highest BCUT2D eigenvalue weighted by atomic mass is 15.1. The minimum atomic E-state index is 0.392. The molecule has 0 aromatic carbocycles. The van der Waals surface area contributed by atoms with Gasteiger partial charge in [0.05, 0.1) is 0 Å². The molecule has 0 unspecified atom stereocenters. The zero-order valence-corrected chi connectivity index (χ0v) is 11.9. The Kier molecular flexibility index (Phi) is 4.81. The summed E-state index contributed by atoms with van der Waals surface area (Å²) in [6, 6.07) is 0. The van der Waals surface area contributed by atoms with Crippen LogP contribution in [0.2, 0.25) is 0 Å². The number of nitrogens with one attached hydrogen (secondary N) is 1. The standard InChI is InChI=1S/C14H30N2/c1-13(2)7-6-9-16(10-8-13)12-14(3,4)11-15-5/h15H,6-12H2,1-5H3. The summed E-state index contributed by atoms with van der Waals surface area (Å²) in [5, 5.41) is 3.30. The van der Waals surface area contributed by atoms with Gasteiger partial charge in [-0.15, -0.1) is 0 Å². The molecule has 96 valence electrons. The van der Waals surface area contributed by atoms with Gasteiger partial charge in [0.25, 0.3) is 0 Å². The second kappa shape index (κ2) is 5.50. The maximum Gasteiger partial charge on any atom is 0.00448 e. The summed E-state index contributed by atoms with van der Waals surface area (Å²) >= 11 is 0. The number of hydrogen-bond donors (Lipinski definition) is 1. The molecule has 16 heavy (non-hydrogen) atoms. The molecule has 0 bridgehead atoms. The van der Waals surface area contributed by atoms with Gasteiger partial charge in [-0.25, -0.2) is 0 Å². The Morgan fingerprint density at radius 2 is 1.88 bits per heavy atom. The van der Waals surface area contributed by atoms with Gasteiger partial charge in [-0.1, -0.05) is 27.7 Å². The SMILES string of the molecule is CNCC(C)(C)CN1CCCC(C)(C)CC1. The van der Waals surface area contributed by atoms with Gasteiger partial charge in [-0.3, -0.25) is 0 Å². The number of nitrogens with zero attached hydrogens (tertiary/aromatic N) is 1. The quantitative estimate of drug-likeness (QED) is 0.793. The van der Waals surface area contributed by atoms with E-state index in [1.807, 2.05) is 7.05 Å². The highest BCUT2D eigenvalue weighted by Gasteiger charge is 2.26. The van der Waals surface area contributed by atoms with E-state index < -0.39 is 0 Å². The van der Waals surface area contributed by atoms with Crippen molar-refractivity contribution in [2.45, 2.75) is 47.0 Å². The zero-order chi connectivity index (χ0) is 12.2. The molecule has 0 radical (unpaired) electrons. The van der Waals surface area contributed by atoms with Crippen LogP contribution in [0.5, 0.6) is 0 Å². The molecule has 1 aliphatic rings. The normalized spacial score (nSPS) is 23.1. The minimum absolute atomic E-state index is 0.392. The van der Waals surface area contributed by atoms with Gasteiger partial charge in [-0.05, 0) is 50.2 Å². The van der Waals surface area contributed by atoms with E-state index in [9.17, 15) is 0 Å². The van der Waals surface area contributed by atoms with Crippen LogP contribution in [0.3, 0.4) is 0 Å². The van der Waals surface area contributed by atoms with Crippen molar-refractivity contribution in [3.8, 4) is 0 Å². The molecule has 1 aliphatic heterocycles. The first-order valence-electron chi connectivity index (χ1n) is 6.72. The molecule has 0 aromatic heterocycles. The van der Waals surface area contributed by atoms with E-state index in [0.29, 0.717) is 10.8 Å². The first-order valence-corrected chi connectivity index (χ1v) is 6.72. The van der Waals surface area contributed by atoms with Gasteiger partial charge in [0, 0.05) is 13.1 Å². The molecule has 1 N–H and O–H groups in total. The van der Waals surface area contributed by atoms with E-state index in [2.05, 4.69) is 37.9 Å². The van der Waals surface area contributed by atoms with Gasteiger partial charge in [0.2, 0.25) is 0 Å². The van der Waals surface area contributed by atoms with Gasteiger partial charge in [0.15, 0.2) is 0 Å². The van der Waals surface area contributed by atoms with Crippen LogP contribution in [0.1, 0.15) is 47.0 Å². The molecule has 0 atom stereocenters. The Balaban J connectivity index is 2.43. The largest absolute Gasteiger partial charge is 0.319 e. The Morgan fingerprint density at radius 3 is 2.50 bits per heavy atom. The van der Waals surface area contributed by atoms with E-state index in [4.69, 9.17) is 0 Å². The van der Waals surface area contributed by atoms with E-state index in [1.165, 1.54) is 38.9 Å². The van der Waals surface area contributed by atoms with Crippen LogP contribution in [0, 0.1) is 10.8 Å². The Bertz CT molecular complexity index is 209. The van der Waals surface area contributed by atoms with Crippen molar-refractivity contribution < 1.29 is 0 Å². The molecule has 2 nitrogen and oxygen atoms in total. The summed E-state index contributed by atoms with van der Waals surface area (Å²) in [4.78, 5) is 2.66. The summed E-state index contributed by atoms with van der Waals surface area (Å²) in [5.41, 5.74) is 0.950. The van der Waals surface area contributed by atoms with E-state index in [1.54, 1.807) is 0 Å². The molecule has 1 heterocycles. The fourth-order valence-electron chi connectivity index (χ4n) is 2.78. The maximum absolute atomic E-state index is 3.30. The zero-order valence-electron chi connectivity index (χ0n) is 11.9. The fraction of sp³-hybridized carbons (Fsp3) is 1.00. The van der Waals surface area contributed by atoms with Crippen LogP contribution in [-0.2, 0) is 0 Å². The third-order valence-electron chi connectivity index (χ3n) is 3.74. The molecule has 0 saturated carbocycles. The van der Waals surface area contributed by atoms with Crippen molar-refractivity contribution in [1.29, 1.82) is 0 Å². The monoisotopic (exact) mass is 226 g/mol. The average molecular weight is 226 g/mol. The third-order valence-corrected chi connectivity index (χ3v) is 3.74. The highest BCUT2D eigenvalue weighted by molar-refractivity contribution is 4.80. The lowest BCUT2D eigenvalue weighted by molar-refractivity contribution is 0.176. The van der Waals surface area contributed by atoms with Crippen LogP contribution < -0.4 is 5.32 Å². The molecule has 0 aromatic rings. The second-order valence-electron chi connectivity index (χ2n) is 6.99. The first-order chi connectivity index (χ1) is 7.35. The lowest BCUT2D eigenvalue weighted by atomic mass is 9.85. The lowest BCUT2D eigenvalue weighted by Gasteiger charge is -2.32. The summed E-state index contributed by atoms with van der Waals surface area (Å²) in [6.07, 6.45) is 4.10. The van der Waals surface area contributed by atoms with Crippen LogP contribution in [0.15, 0.2) is 0 Å². The van der Waals surface area contributed by atoms with Crippen molar-refractivity contribution in [3.05, 3.63) is 0 Å². The lowest BCUT2D eigenvalue weighted by Crippen LogP contribution is -2.40. The number of rotatable bonds is 4. The predicted octanol–water partition coefficient (Wildman–Crippen LogP) is 2.74. The maximum atomic E-state index is 3.30. The average Bonchev–Trinajstić information content (AvgIpc) is 2.27. The van der Waals surface area contributed by atoms with E-state index in [-0.39, 0.29) is 0 Å². The molecule has 0 spiro atoms. The van der Waals surface area contributed by atoms with Gasteiger partial charge >= 0.3 is 0 Å². The van der Waals surface area contributed by atoms with Crippen LogP contribution in [0.25, 0.3) is 0 Å². The Labute approximate surface area is 102 Å². The highest BCUT2D eigenvalue weighted by Crippen LogP contribution is 2.30.